The Labute approximate surface area is 164 Å². The number of allylic oxidation sites excluding steroid dienone is 1. The van der Waals surface area contributed by atoms with Crippen LogP contribution in [0.25, 0.3) is 26.7 Å². The van der Waals surface area contributed by atoms with Crippen LogP contribution < -0.4 is 0 Å². The van der Waals surface area contributed by atoms with Crippen molar-refractivity contribution in [1.29, 1.82) is 0 Å². The zero-order valence-corrected chi connectivity index (χ0v) is 18.6. The maximum absolute atomic E-state index is 2.45. The van der Waals surface area contributed by atoms with Gasteiger partial charge in [0.25, 0.3) is 0 Å². The van der Waals surface area contributed by atoms with E-state index in [1.165, 1.54) is 38.7 Å². The van der Waals surface area contributed by atoms with Gasteiger partial charge in [0, 0.05) is 32.8 Å². The summed E-state index contributed by atoms with van der Waals surface area (Å²) in [7, 11) is 0. The van der Waals surface area contributed by atoms with Crippen LogP contribution in [0.1, 0.15) is 66.5 Å². The average molecular weight is 370 g/mol. The van der Waals surface area contributed by atoms with Crippen LogP contribution in [-0.4, -0.2) is 10.8 Å². The summed E-state index contributed by atoms with van der Waals surface area (Å²) in [6, 6.07) is 16.0. The van der Waals surface area contributed by atoms with Gasteiger partial charge in [-0.3, -0.25) is 0 Å². The van der Waals surface area contributed by atoms with Gasteiger partial charge in [0.2, 0.25) is 0 Å². The largest absolute Gasteiger partial charge is 0.338 e. The van der Waals surface area contributed by atoms with Crippen LogP contribution in [0.5, 0.6) is 0 Å². The molecule has 0 fully saturated rings. The van der Waals surface area contributed by atoms with E-state index >= 15 is 0 Å². The third kappa shape index (κ3) is 4.73. The van der Waals surface area contributed by atoms with E-state index in [4.69, 9.17) is 0 Å². The Morgan fingerprint density at radius 3 is 2.12 bits per heavy atom. The number of aromatic nitrogens is 1. The molecule has 0 N–H and O–H groups in total. The molecule has 0 radical (unpaired) electrons. The summed E-state index contributed by atoms with van der Waals surface area (Å²) < 4.78 is 2.45. The molecule has 142 valence electrons. The van der Waals surface area contributed by atoms with Gasteiger partial charge >= 0.3 is 0 Å². The molecule has 0 aliphatic heterocycles. The van der Waals surface area contributed by atoms with Gasteiger partial charge in [-0.1, -0.05) is 70.5 Å². The fourth-order valence-corrected chi connectivity index (χ4v) is 3.71. The molecule has 26 heavy (non-hydrogen) atoms. The van der Waals surface area contributed by atoms with Crippen LogP contribution in [-0.2, 0) is 0 Å². The molecule has 3 rings (SSSR count). The van der Waals surface area contributed by atoms with Crippen LogP contribution in [0, 0.1) is 0 Å². The summed E-state index contributed by atoms with van der Waals surface area (Å²) in [6.07, 6.45) is 5.58. The third-order valence-corrected chi connectivity index (χ3v) is 4.91. The van der Waals surface area contributed by atoms with Gasteiger partial charge in [-0.05, 0) is 44.7 Å². The zero-order chi connectivity index (χ0) is 19.7. The fraction of sp³-hybridized carbons (Fsp3) is 0.417. The van der Waals surface area contributed by atoms with Crippen molar-refractivity contribution in [2.45, 2.75) is 60.9 Å². The lowest BCUT2D eigenvalue weighted by Crippen LogP contribution is -1.99. The first-order valence-corrected chi connectivity index (χ1v) is 11.0. The first-order chi connectivity index (χ1) is 12.6. The van der Waals surface area contributed by atoms with Crippen LogP contribution in [0.2, 0.25) is 0 Å². The summed E-state index contributed by atoms with van der Waals surface area (Å²) in [4.78, 5) is 1.33. The predicted molar refractivity (Wildman–Crippen MR) is 124 cm³/mol. The summed E-state index contributed by atoms with van der Waals surface area (Å²) >= 11 is 1.80. The van der Waals surface area contributed by atoms with Crippen molar-refractivity contribution in [3.8, 4) is 0 Å². The van der Waals surface area contributed by atoms with Crippen molar-refractivity contribution in [2.24, 2.45) is 0 Å². The monoisotopic (exact) mass is 369 g/mol. The van der Waals surface area contributed by atoms with Crippen molar-refractivity contribution in [2.75, 3.05) is 6.26 Å². The Bertz CT molecular complexity index is 840. The number of hydrogen-bond acceptors (Lipinski definition) is 1. The maximum Gasteiger partial charge on any atom is 0.0500 e. The lowest BCUT2D eigenvalue weighted by molar-refractivity contribution is 0.642. The number of nitrogens with zero attached hydrogens (tertiary/aromatic N) is 1. The highest BCUT2D eigenvalue weighted by Gasteiger charge is 2.13. The fourth-order valence-electron chi connectivity index (χ4n) is 3.11. The van der Waals surface area contributed by atoms with Crippen molar-refractivity contribution in [1.82, 2.24) is 4.57 Å². The first-order valence-electron chi connectivity index (χ1n) is 9.82. The highest BCUT2D eigenvalue weighted by Crippen LogP contribution is 2.35. The Kier molecular flexibility index (Phi) is 9.58. The highest BCUT2D eigenvalue weighted by atomic mass is 32.2. The minimum atomic E-state index is 0.450. The van der Waals surface area contributed by atoms with Crippen molar-refractivity contribution in [3.05, 3.63) is 54.1 Å². The molecule has 0 bridgehead atoms. The van der Waals surface area contributed by atoms with Crippen LogP contribution >= 0.6 is 11.8 Å². The van der Waals surface area contributed by atoms with Crippen molar-refractivity contribution in [3.63, 3.8) is 0 Å². The smallest absolute Gasteiger partial charge is 0.0500 e. The van der Waals surface area contributed by atoms with E-state index < -0.39 is 0 Å². The van der Waals surface area contributed by atoms with E-state index in [0.717, 1.165) is 0 Å². The van der Waals surface area contributed by atoms with Gasteiger partial charge in [0.1, 0.15) is 0 Å². The molecule has 0 saturated heterocycles. The molecule has 2 aromatic carbocycles. The molecule has 0 aliphatic carbocycles. The molecule has 0 amide bonds. The van der Waals surface area contributed by atoms with Crippen molar-refractivity contribution >= 4 is 38.5 Å². The molecule has 3 aromatic rings. The zero-order valence-electron chi connectivity index (χ0n) is 17.8. The Hall–Kier alpha value is -1.67. The molecule has 1 nitrogen and oxygen atoms in total. The Morgan fingerprint density at radius 2 is 1.58 bits per heavy atom. The minimum Gasteiger partial charge on any atom is -0.338 e. The van der Waals surface area contributed by atoms with Gasteiger partial charge in [-0.25, -0.2) is 0 Å². The van der Waals surface area contributed by atoms with Crippen molar-refractivity contribution < 1.29 is 0 Å². The molecule has 0 saturated carbocycles. The summed E-state index contributed by atoms with van der Waals surface area (Å²) in [5.41, 5.74) is 3.96. The number of thioether (sulfide) groups is 1. The molecule has 1 heterocycles. The second-order valence-electron chi connectivity index (χ2n) is 6.28. The number of rotatable bonds is 3. The second kappa shape index (κ2) is 11.1. The van der Waals surface area contributed by atoms with Gasteiger partial charge in [-0.15, -0.1) is 11.8 Å². The van der Waals surface area contributed by atoms with E-state index in [-0.39, 0.29) is 0 Å². The standard InChI is InChI=1S/C19H21NS.C3H8.C2H6/c1-5-19(21-4)14-10-11-16-15-8-6-7-9-17(15)20(13(2)3)18(16)12-14;1-3-2;1-2/h5-13H,1-4H3;3H2,1-2H3;1-2H3/b19-5-;;. The van der Waals surface area contributed by atoms with Gasteiger partial charge < -0.3 is 4.57 Å². The minimum absolute atomic E-state index is 0.450. The molecular formula is C24H35NS. The molecule has 0 aliphatic rings. The lowest BCUT2D eigenvalue weighted by Gasteiger charge is -2.12. The van der Waals surface area contributed by atoms with Gasteiger partial charge in [0.15, 0.2) is 0 Å². The van der Waals surface area contributed by atoms with E-state index in [9.17, 15) is 0 Å². The van der Waals surface area contributed by atoms with E-state index in [0.29, 0.717) is 6.04 Å². The van der Waals surface area contributed by atoms with E-state index in [1.54, 1.807) is 11.8 Å². The predicted octanol–water partition coefficient (Wildman–Crippen LogP) is 8.54. The summed E-state index contributed by atoms with van der Waals surface area (Å²) in [5.74, 6) is 0. The molecule has 0 unspecified atom stereocenters. The molecule has 1 aromatic heterocycles. The normalized spacial score (nSPS) is 11.2. The van der Waals surface area contributed by atoms with Crippen LogP contribution in [0.4, 0.5) is 0 Å². The number of hydrogen-bond donors (Lipinski definition) is 0. The molecular weight excluding hydrogens is 334 g/mol. The first kappa shape index (κ1) is 22.4. The molecule has 0 atom stereocenters. The third-order valence-electron chi connectivity index (χ3n) is 3.99. The quantitative estimate of drug-likeness (QED) is 0.447. The van der Waals surface area contributed by atoms with Gasteiger partial charge in [0.05, 0.1) is 0 Å². The molecule has 0 spiro atoms. The van der Waals surface area contributed by atoms with Crippen LogP contribution in [0.3, 0.4) is 0 Å². The second-order valence-corrected chi connectivity index (χ2v) is 7.13. The summed E-state index contributed by atoms with van der Waals surface area (Å²) in [5, 5.41) is 2.69. The number of para-hydroxylation sites is 1. The maximum atomic E-state index is 2.45. The van der Waals surface area contributed by atoms with E-state index in [2.05, 4.69) is 94.0 Å². The Morgan fingerprint density at radius 1 is 1.00 bits per heavy atom. The average Bonchev–Trinajstić information content (AvgIpc) is 2.99. The molecule has 2 heteroatoms. The summed E-state index contributed by atoms with van der Waals surface area (Å²) in [6.45, 7) is 14.9. The Balaban J connectivity index is 0.000000615. The lowest BCUT2D eigenvalue weighted by atomic mass is 10.1. The van der Waals surface area contributed by atoms with Crippen LogP contribution in [0.15, 0.2) is 48.5 Å². The van der Waals surface area contributed by atoms with Gasteiger partial charge in [-0.2, -0.15) is 0 Å². The SMILES string of the molecule is C/C=C(\SC)c1ccc2c3ccccc3n(C(C)C)c2c1.CC.CCC. The topological polar surface area (TPSA) is 4.93 Å². The number of benzene rings is 2. The van der Waals surface area contributed by atoms with E-state index in [1.807, 2.05) is 13.8 Å². The number of fused-ring (bicyclic) bond motifs is 3. The highest BCUT2D eigenvalue weighted by molar-refractivity contribution is 8.07.